The van der Waals surface area contributed by atoms with Gasteiger partial charge in [0, 0.05) is 28.8 Å². The molecular formula is C26H23FN3O4+. The summed E-state index contributed by atoms with van der Waals surface area (Å²) in [6, 6.07) is 20.5. The molecule has 172 valence electrons. The molecule has 0 aromatic heterocycles. The highest BCUT2D eigenvalue weighted by molar-refractivity contribution is 5.87. The van der Waals surface area contributed by atoms with Gasteiger partial charge in [-0.2, -0.15) is 5.26 Å². The molecule has 1 aliphatic heterocycles. The van der Waals surface area contributed by atoms with E-state index in [1.807, 2.05) is 30.3 Å². The molecule has 4 N–H and O–H groups in total. The summed E-state index contributed by atoms with van der Waals surface area (Å²) >= 11 is 0. The molecule has 1 aliphatic rings. The van der Waals surface area contributed by atoms with Crippen molar-refractivity contribution in [2.75, 3.05) is 0 Å². The molecule has 0 fully saturated rings. The third-order valence-electron chi connectivity index (χ3n) is 5.95. The summed E-state index contributed by atoms with van der Waals surface area (Å²) in [4.78, 5) is 25.4. The fourth-order valence-corrected chi connectivity index (χ4v) is 4.09. The smallest absolute Gasteiger partial charge is 0.344 e. The molecule has 7 nitrogen and oxygen atoms in total. The zero-order valence-electron chi connectivity index (χ0n) is 18.2. The van der Waals surface area contributed by atoms with E-state index < -0.39 is 29.8 Å². The minimum absolute atomic E-state index is 0.115. The maximum absolute atomic E-state index is 14.7. The van der Waals surface area contributed by atoms with E-state index in [2.05, 4.69) is 5.32 Å². The molecule has 2 atom stereocenters. The molecule has 0 unspecified atom stereocenters. The Balaban J connectivity index is 1.36. The highest BCUT2D eigenvalue weighted by Crippen LogP contribution is 2.26. The van der Waals surface area contributed by atoms with Crippen molar-refractivity contribution in [1.82, 2.24) is 5.32 Å². The Morgan fingerprint density at radius 1 is 0.971 bits per heavy atom. The predicted octanol–water partition coefficient (Wildman–Crippen LogP) is 0.828. The first-order valence-corrected chi connectivity index (χ1v) is 10.8. The van der Waals surface area contributed by atoms with E-state index >= 15 is 0 Å². The molecule has 3 aromatic rings. The van der Waals surface area contributed by atoms with Gasteiger partial charge in [0.05, 0.1) is 11.6 Å². The van der Waals surface area contributed by atoms with Crippen molar-refractivity contribution in [3.63, 3.8) is 0 Å². The number of nitriles is 1. The Morgan fingerprint density at radius 3 is 2.26 bits per heavy atom. The normalized spacial score (nSPS) is 14.6. The number of nitrogens with one attached hydrogen (secondary N) is 2. The predicted molar refractivity (Wildman–Crippen MR) is 120 cm³/mol. The highest BCUT2D eigenvalue weighted by Gasteiger charge is 2.39. The van der Waals surface area contributed by atoms with Crippen LogP contribution in [0.25, 0.3) is 11.1 Å². The number of carbonyl (C=O) groups excluding carboxylic acids is 2. The van der Waals surface area contributed by atoms with Crippen LogP contribution in [0.2, 0.25) is 0 Å². The number of hydrogen-bond donors (Lipinski definition) is 4. The van der Waals surface area contributed by atoms with Gasteiger partial charge in [0.15, 0.2) is 6.10 Å². The average Bonchev–Trinajstić information content (AvgIpc) is 3.30. The number of aliphatic hydroxyl groups is 2. The minimum Gasteiger partial charge on any atom is -0.380 e. The Bertz CT molecular complexity index is 1260. The SMILES string of the molecule is N#Cc1ccccc1-c1ccc(CNC(=O)[C@H](O)[C@@H](O)C(=O)[NH+]2Cc3ccccc3C2)cc1F. The van der Waals surface area contributed by atoms with E-state index in [1.165, 1.54) is 12.1 Å². The molecule has 0 bridgehead atoms. The summed E-state index contributed by atoms with van der Waals surface area (Å²) in [5, 5.41) is 32.2. The monoisotopic (exact) mass is 460 g/mol. The minimum atomic E-state index is -1.95. The zero-order chi connectivity index (χ0) is 24.2. The first-order valence-electron chi connectivity index (χ1n) is 10.8. The second-order valence-electron chi connectivity index (χ2n) is 8.17. The Hall–Kier alpha value is -3.90. The summed E-state index contributed by atoms with van der Waals surface area (Å²) in [6.45, 7) is 0.637. The largest absolute Gasteiger partial charge is 0.380 e. The average molecular weight is 460 g/mol. The lowest BCUT2D eigenvalue weighted by Crippen LogP contribution is -3.12. The van der Waals surface area contributed by atoms with Crippen LogP contribution in [0.3, 0.4) is 0 Å². The van der Waals surface area contributed by atoms with Crippen molar-refractivity contribution < 1.29 is 29.1 Å². The molecule has 4 rings (SSSR count). The molecule has 3 aromatic carbocycles. The number of carbonyl (C=O) groups is 2. The van der Waals surface area contributed by atoms with E-state index in [1.54, 1.807) is 30.3 Å². The van der Waals surface area contributed by atoms with E-state index in [0.29, 0.717) is 34.7 Å². The summed E-state index contributed by atoms with van der Waals surface area (Å²) in [5.74, 6) is -2.16. The summed E-state index contributed by atoms with van der Waals surface area (Å²) in [7, 11) is 0. The number of nitrogens with zero attached hydrogens (tertiary/aromatic N) is 1. The number of fused-ring (bicyclic) bond motifs is 1. The molecule has 0 saturated heterocycles. The van der Waals surface area contributed by atoms with Gasteiger partial charge in [-0.05, 0) is 17.7 Å². The Labute approximate surface area is 195 Å². The van der Waals surface area contributed by atoms with E-state index in [-0.39, 0.29) is 12.1 Å². The zero-order valence-corrected chi connectivity index (χ0v) is 18.2. The summed E-state index contributed by atoms with van der Waals surface area (Å²) in [5.41, 5.74) is 3.44. The first-order chi connectivity index (χ1) is 16.4. The molecule has 0 saturated carbocycles. The fourth-order valence-electron chi connectivity index (χ4n) is 4.09. The molecule has 1 heterocycles. The molecule has 34 heavy (non-hydrogen) atoms. The van der Waals surface area contributed by atoms with Crippen molar-refractivity contribution >= 4 is 11.8 Å². The molecule has 8 heteroatoms. The van der Waals surface area contributed by atoms with Gasteiger partial charge >= 0.3 is 5.91 Å². The van der Waals surface area contributed by atoms with Gasteiger partial charge in [-0.15, -0.1) is 0 Å². The number of halogens is 1. The van der Waals surface area contributed by atoms with Crippen LogP contribution < -0.4 is 10.2 Å². The lowest BCUT2D eigenvalue weighted by Gasteiger charge is -2.19. The maximum atomic E-state index is 14.7. The number of quaternary nitrogens is 1. The lowest BCUT2D eigenvalue weighted by molar-refractivity contribution is -0.843. The Morgan fingerprint density at radius 2 is 1.62 bits per heavy atom. The molecule has 0 aliphatic carbocycles. The molecule has 2 amide bonds. The number of benzene rings is 3. The van der Waals surface area contributed by atoms with E-state index in [0.717, 1.165) is 11.1 Å². The number of amides is 2. The standard InChI is InChI=1S/C26H22FN3O4/c27-22-11-16(9-10-21(22)20-8-4-3-5-17(20)12-28)13-29-25(33)23(31)24(32)26(34)30-14-18-6-1-2-7-19(18)15-30/h1-11,23-24,31-32H,13-15H2,(H,29,33)/p+1/t23-,24-/m1/s1. The van der Waals surface area contributed by atoms with Crippen molar-refractivity contribution in [3.8, 4) is 17.2 Å². The van der Waals surface area contributed by atoms with Crippen molar-refractivity contribution in [1.29, 1.82) is 5.26 Å². The third-order valence-corrected chi connectivity index (χ3v) is 5.95. The van der Waals surface area contributed by atoms with Crippen LogP contribution >= 0.6 is 0 Å². The topological polar surface area (TPSA) is 115 Å². The first kappa shape index (κ1) is 23.3. The summed E-state index contributed by atoms with van der Waals surface area (Å²) in [6.07, 6.45) is -3.83. The van der Waals surface area contributed by atoms with Gasteiger partial charge in [0.1, 0.15) is 18.9 Å². The second-order valence-corrected chi connectivity index (χ2v) is 8.17. The van der Waals surface area contributed by atoms with Crippen LogP contribution in [0.4, 0.5) is 4.39 Å². The van der Waals surface area contributed by atoms with Gasteiger partial charge < -0.3 is 15.5 Å². The van der Waals surface area contributed by atoms with Gasteiger partial charge in [0.2, 0.25) is 6.10 Å². The van der Waals surface area contributed by atoms with Crippen LogP contribution in [0.15, 0.2) is 66.7 Å². The van der Waals surface area contributed by atoms with E-state index in [9.17, 15) is 29.5 Å². The molecule has 0 radical (unpaired) electrons. The van der Waals surface area contributed by atoms with Crippen LogP contribution in [-0.2, 0) is 29.2 Å². The fraction of sp³-hybridized carbons (Fsp3) is 0.192. The highest BCUT2D eigenvalue weighted by atomic mass is 19.1. The van der Waals surface area contributed by atoms with Gasteiger partial charge in [-0.1, -0.05) is 54.6 Å². The van der Waals surface area contributed by atoms with Gasteiger partial charge in [0.25, 0.3) is 5.91 Å². The second kappa shape index (κ2) is 9.93. The summed E-state index contributed by atoms with van der Waals surface area (Å²) < 4.78 is 14.7. The van der Waals surface area contributed by atoms with Gasteiger partial charge in [-0.3, -0.25) is 9.69 Å². The number of rotatable bonds is 6. The van der Waals surface area contributed by atoms with E-state index in [4.69, 9.17) is 0 Å². The van der Waals surface area contributed by atoms with Crippen molar-refractivity contribution in [3.05, 3.63) is 94.8 Å². The Kier molecular flexibility index (Phi) is 6.80. The molecule has 0 spiro atoms. The lowest BCUT2D eigenvalue weighted by atomic mass is 9.98. The quantitative estimate of drug-likeness (QED) is 0.435. The number of aliphatic hydroxyl groups excluding tert-OH is 2. The van der Waals surface area contributed by atoms with Gasteiger partial charge in [-0.25, -0.2) is 9.18 Å². The third kappa shape index (κ3) is 4.72. The van der Waals surface area contributed by atoms with Crippen molar-refractivity contribution in [2.24, 2.45) is 0 Å². The van der Waals surface area contributed by atoms with Crippen molar-refractivity contribution in [2.45, 2.75) is 31.8 Å². The van der Waals surface area contributed by atoms with Crippen LogP contribution in [0, 0.1) is 17.1 Å². The van der Waals surface area contributed by atoms with Crippen LogP contribution in [-0.4, -0.2) is 34.2 Å². The maximum Gasteiger partial charge on any atom is 0.344 e. The molecular weight excluding hydrogens is 437 g/mol. The van der Waals surface area contributed by atoms with Crippen LogP contribution in [0.1, 0.15) is 22.3 Å². The van der Waals surface area contributed by atoms with Crippen LogP contribution in [0.5, 0.6) is 0 Å². The number of hydrogen-bond acceptors (Lipinski definition) is 5.